The van der Waals surface area contributed by atoms with E-state index in [1.165, 1.54) is 12.1 Å². The van der Waals surface area contributed by atoms with Gasteiger partial charge in [-0.05, 0) is 5.92 Å². The van der Waals surface area contributed by atoms with E-state index >= 15 is 0 Å². The Hall–Kier alpha value is -1.71. The zero-order valence-corrected chi connectivity index (χ0v) is 8.06. The van der Waals surface area contributed by atoms with E-state index in [1.54, 1.807) is 6.07 Å². The standard InChI is InChI=1S/C10H11NO3/c1-7(2)10-8(6-12)4-3-5-9(10)11(13)14/h3-7H,1-2H3. The van der Waals surface area contributed by atoms with Gasteiger partial charge in [0, 0.05) is 17.2 Å². The first-order valence-electron chi connectivity index (χ1n) is 4.30. The highest BCUT2D eigenvalue weighted by Crippen LogP contribution is 2.28. The number of aldehydes is 1. The predicted octanol–water partition coefficient (Wildman–Crippen LogP) is 2.53. The van der Waals surface area contributed by atoms with Gasteiger partial charge in [-0.3, -0.25) is 14.9 Å². The fourth-order valence-corrected chi connectivity index (χ4v) is 1.46. The summed E-state index contributed by atoms with van der Waals surface area (Å²) in [4.78, 5) is 20.9. The van der Waals surface area contributed by atoms with Gasteiger partial charge >= 0.3 is 0 Å². The molecule has 0 saturated heterocycles. The zero-order chi connectivity index (χ0) is 10.7. The third-order valence-electron chi connectivity index (χ3n) is 2.02. The molecule has 4 heteroatoms. The predicted molar refractivity (Wildman–Crippen MR) is 52.6 cm³/mol. The Kier molecular flexibility index (Phi) is 2.96. The Morgan fingerprint density at radius 2 is 2.07 bits per heavy atom. The van der Waals surface area contributed by atoms with Gasteiger partial charge in [0.05, 0.1) is 4.92 Å². The molecule has 0 spiro atoms. The Morgan fingerprint density at radius 3 is 2.50 bits per heavy atom. The fraction of sp³-hybridized carbons (Fsp3) is 0.300. The topological polar surface area (TPSA) is 60.2 Å². The van der Waals surface area contributed by atoms with Crippen LogP contribution in [0.25, 0.3) is 0 Å². The monoisotopic (exact) mass is 193 g/mol. The highest BCUT2D eigenvalue weighted by molar-refractivity contribution is 5.79. The maximum Gasteiger partial charge on any atom is 0.273 e. The summed E-state index contributed by atoms with van der Waals surface area (Å²) >= 11 is 0. The maximum atomic E-state index is 10.7. The lowest BCUT2D eigenvalue weighted by atomic mass is 9.96. The molecule has 74 valence electrons. The van der Waals surface area contributed by atoms with E-state index < -0.39 is 4.92 Å². The van der Waals surface area contributed by atoms with Crippen LogP contribution in [0, 0.1) is 10.1 Å². The van der Waals surface area contributed by atoms with Gasteiger partial charge in [-0.1, -0.05) is 26.0 Å². The van der Waals surface area contributed by atoms with Crippen molar-refractivity contribution in [3.05, 3.63) is 39.4 Å². The van der Waals surface area contributed by atoms with Crippen LogP contribution in [0.5, 0.6) is 0 Å². The van der Waals surface area contributed by atoms with E-state index in [9.17, 15) is 14.9 Å². The Balaban J connectivity index is 3.43. The van der Waals surface area contributed by atoms with Gasteiger partial charge in [0.2, 0.25) is 0 Å². The quantitative estimate of drug-likeness (QED) is 0.421. The Bertz CT molecular complexity index is 372. The molecule has 14 heavy (non-hydrogen) atoms. The van der Waals surface area contributed by atoms with Gasteiger partial charge < -0.3 is 0 Å². The molecule has 0 aliphatic carbocycles. The first-order valence-corrected chi connectivity index (χ1v) is 4.30. The minimum Gasteiger partial charge on any atom is -0.298 e. The number of hydrogen-bond donors (Lipinski definition) is 0. The van der Waals surface area contributed by atoms with Gasteiger partial charge in [0.25, 0.3) is 5.69 Å². The molecule has 1 aromatic carbocycles. The van der Waals surface area contributed by atoms with Crippen molar-refractivity contribution in [2.45, 2.75) is 19.8 Å². The van der Waals surface area contributed by atoms with Crippen LogP contribution in [0.1, 0.15) is 35.7 Å². The van der Waals surface area contributed by atoms with Crippen molar-refractivity contribution in [3.8, 4) is 0 Å². The van der Waals surface area contributed by atoms with Gasteiger partial charge in [-0.2, -0.15) is 0 Å². The third kappa shape index (κ3) is 1.79. The van der Waals surface area contributed by atoms with Crippen LogP contribution in [0.4, 0.5) is 5.69 Å². The highest BCUT2D eigenvalue weighted by atomic mass is 16.6. The summed E-state index contributed by atoms with van der Waals surface area (Å²) in [6.07, 6.45) is 0.655. The lowest BCUT2D eigenvalue weighted by Gasteiger charge is -2.08. The molecule has 0 aliphatic rings. The molecule has 1 aromatic rings. The number of carbonyl (C=O) groups is 1. The first kappa shape index (κ1) is 10.4. The van der Waals surface area contributed by atoms with E-state index in [0.717, 1.165) is 0 Å². The fourth-order valence-electron chi connectivity index (χ4n) is 1.46. The number of nitro benzene ring substituents is 1. The molecule has 0 bridgehead atoms. The minimum absolute atomic E-state index is 0.0181. The second-order valence-corrected chi connectivity index (χ2v) is 3.31. The van der Waals surface area contributed by atoms with E-state index in [4.69, 9.17) is 0 Å². The van der Waals surface area contributed by atoms with Gasteiger partial charge in [-0.15, -0.1) is 0 Å². The molecule has 0 amide bonds. The smallest absolute Gasteiger partial charge is 0.273 e. The summed E-state index contributed by atoms with van der Waals surface area (Å²) in [5.74, 6) is -0.0307. The number of benzene rings is 1. The molecular weight excluding hydrogens is 182 g/mol. The second-order valence-electron chi connectivity index (χ2n) is 3.31. The lowest BCUT2D eigenvalue weighted by Crippen LogP contribution is -2.01. The van der Waals surface area contributed by atoms with E-state index in [2.05, 4.69) is 0 Å². The van der Waals surface area contributed by atoms with Crippen molar-refractivity contribution in [3.63, 3.8) is 0 Å². The van der Waals surface area contributed by atoms with E-state index in [0.29, 0.717) is 17.4 Å². The number of nitrogens with zero attached hydrogens (tertiary/aromatic N) is 1. The first-order chi connectivity index (χ1) is 6.57. The van der Waals surface area contributed by atoms with E-state index in [1.807, 2.05) is 13.8 Å². The van der Waals surface area contributed by atoms with Crippen LogP contribution >= 0.6 is 0 Å². The average Bonchev–Trinajstić information content (AvgIpc) is 2.16. The number of carbonyl (C=O) groups excluding carboxylic acids is 1. The Morgan fingerprint density at radius 1 is 1.43 bits per heavy atom. The van der Waals surface area contributed by atoms with Crippen LogP contribution in [0.15, 0.2) is 18.2 Å². The van der Waals surface area contributed by atoms with Crippen molar-refractivity contribution < 1.29 is 9.72 Å². The SMILES string of the molecule is CC(C)c1c(C=O)cccc1[N+](=O)[O-]. The third-order valence-corrected chi connectivity index (χ3v) is 2.02. The van der Waals surface area contributed by atoms with Crippen molar-refractivity contribution in [1.29, 1.82) is 0 Å². The van der Waals surface area contributed by atoms with Gasteiger partial charge in [0.1, 0.15) is 0 Å². The van der Waals surface area contributed by atoms with Gasteiger partial charge in [0.15, 0.2) is 6.29 Å². The van der Waals surface area contributed by atoms with Crippen molar-refractivity contribution in [2.75, 3.05) is 0 Å². The van der Waals surface area contributed by atoms with E-state index in [-0.39, 0.29) is 11.6 Å². The summed E-state index contributed by atoms with van der Waals surface area (Å²) < 4.78 is 0. The van der Waals surface area contributed by atoms with Crippen molar-refractivity contribution in [1.82, 2.24) is 0 Å². The summed E-state index contributed by atoms with van der Waals surface area (Å²) in [6, 6.07) is 4.53. The molecule has 0 radical (unpaired) electrons. The van der Waals surface area contributed by atoms with Crippen LogP contribution < -0.4 is 0 Å². The van der Waals surface area contributed by atoms with Crippen LogP contribution in [-0.2, 0) is 0 Å². The molecule has 1 rings (SSSR count). The summed E-state index contributed by atoms with van der Waals surface area (Å²) in [5.41, 5.74) is 0.923. The summed E-state index contributed by atoms with van der Waals surface area (Å²) in [5, 5.41) is 10.7. The average molecular weight is 193 g/mol. The normalized spacial score (nSPS) is 10.2. The number of hydrogen-bond acceptors (Lipinski definition) is 3. The molecular formula is C10H11NO3. The molecule has 0 atom stereocenters. The summed E-state index contributed by atoms with van der Waals surface area (Å²) in [6.45, 7) is 3.66. The molecule has 4 nitrogen and oxygen atoms in total. The second kappa shape index (κ2) is 4.00. The Labute approximate surface area is 81.7 Å². The van der Waals surface area contributed by atoms with Crippen molar-refractivity contribution >= 4 is 12.0 Å². The molecule has 0 aromatic heterocycles. The zero-order valence-electron chi connectivity index (χ0n) is 8.06. The molecule has 0 fully saturated rings. The molecule has 0 saturated carbocycles. The van der Waals surface area contributed by atoms with Crippen LogP contribution in [0.3, 0.4) is 0 Å². The molecule has 0 unspecified atom stereocenters. The van der Waals surface area contributed by atoms with Gasteiger partial charge in [-0.25, -0.2) is 0 Å². The molecule has 0 heterocycles. The molecule has 0 N–H and O–H groups in total. The lowest BCUT2D eigenvalue weighted by molar-refractivity contribution is -0.385. The summed E-state index contributed by atoms with van der Waals surface area (Å²) in [7, 11) is 0. The largest absolute Gasteiger partial charge is 0.298 e. The minimum atomic E-state index is -0.456. The highest BCUT2D eigenvalue weighted by Gasteiger charge is 2.19. The van der Waals surface area contributed by atoms with Crippen LogP contribution in [-0.4, -0.2) is 11.2 Å². The van der Waals surface area contributed by atoms with Crippen molar-refractivity contribution in [2.24, 2.45) is 0 Å². The van der Waals surface area contributed by atoms with Crippen LogP contribution in [0.2, 0.25) is 0 Å². The number of rotatable bonds is 3. The number of nitro groups is 1. The maximum absolute atomic E-state index is 10.7. The molecule has 0 aliphatic heterocycles.